The van der Waals surface area contributed by atoms with Crippen molar-refractivity contribution in [1.29, 1.82) is 0 Å². The molecule has 218 valence electrons. The molecule has 2 saturated carbocycles. The molecule has 40 heavy (non-hydrogen) atoms. The summed E-state index contributed by atoms with van der Waals surface area (Å²) in [6.07, 6.45) is 5.91. The molecule has 0 amide bonds. The van der Waals surface area contributed by atoms with Gasteiger partial charge >= 0.3 is 5.97 Å². The van der Waals surface area contributed by atoms with Gasteiger partial charge < -0.3 is 19.6 Å². The Bertz CT molecular complexity index is 1260. The van der Waals surface area contributed by atoms with Gasteiger partial charge in [-0.2, -0.15) is 0 Å². The first kappa shape index (κ1) is 30.8. The highest BCUT2D eigenvalue weighted by molar-refractivity contribution is 7.66. The molecule has 0 saturated heterocycles. The summed E-state index contributed by atoms with van der Waals surface area (Å²) in [4.78, 5) is 15.3. The first-order valence-corrected chi connectivity index (χ1v) is 17.4. The minimum Gasteiger partial charge on any atom is -0.477 e. The molecule has 0 spiro atoms. The van der Waals surface area contributed by atoms with Gasteiger partial charge in [-0.3, -0.25) is 4.57 Å². The van der Waals surface area contributed by atoms with E-state index in [9.17, 15) is 19.6 Å². The van der Waals surface area contributed by atoms with Crippen LogP contribution in [-0.4, -0.2) is 41.2 Å². The summed E-state index contributed by atoms with van der Waals surface area (Å²) in [5.41, 5.74) is 0.360. The zero-order valence-electron chi connectivity index (χ0n) is 24.4. The van der Waals surface area contributed by atoms with Crippen LogP contribution in [0.1, 0.15) is 93.6 Å². The van der Waals surface area contributed by atoms with Gasteiger partial charge in [-0.05, 0) is 83.4 Å². The van der Waals surface area contributed by atoms with E-state index in [1.165, 1.54) is 11.3 Å². The number of benzene rings is 1. The van der Waals surface area contributed by atoms with Crippen LogP contribution >= 0.6 is 18.7 Å². The Morgan fingerprint density at radius 3 is 2.27 bits per heavy atom. The van der Waals surface area contributed by atoms with E-state index in [2.05, 4.69) is 18.8 Å². The van der Waals surface area contributed by atoms with Gasteiger partial charge in [-0.25, -0.2) is 4.79 Å². The van der Waals surface area contributed by atoms with Crippen molar-refractivity contribution < 1.29 is 24.1 Å². The molecule has 8 heteroatoms. The monoisotopic (exact) mass is 585 g/mol. The molecular formula is C32H44NO5PS. The van der Waals surface area contributed by atoms with E-state index in [0.29, 0.717) is 34.6 Å². The fraction of sp³-hybridized carbons (Fsp3) is 0.594. The van der Waals surface area contributed by atoms with Gasteiger partial charge in [-0.15, -0.1) is 11.3 Å². The van der Waals surface area contributed by atoms with Gasteiger partial charge in [0.25, 0.3) is 0 Å². The van der Waals surface area contributed by atoms with E-state index >= 15 is 0 Å². The topological polar surface area (TPSA) is 87.1 Å². The number of thiophene rings is 1. The predicted octanol–water partition coefficient (Wildman–Crippen LogP) is 7.36. The first-order valence-electron chi connectivity index (χ1n) is 14.5. The van der Waals surface area contributed by atoms with Crippen LogP contribution in [0, 0.1) is 29.1 Å². The Labute approximate surface area is 243 Å². The van der Waals surface area contributed by atoms with Crippen molar-refractivity contribution in [3.8, 4) is 11.8 Å². The number of anilines is 1. The van der Waals surface area contributed by atoms with Crippen molar-refractivity contribution in [3.63, 3.8) is 0 Å². The molecule has 2 N–H and O–H groups in total. The summed E-state index contributed by atoms with van der Waals surface area (Å²) >= 11 is 1.18. The number of carboxylic acids is 1. The van der Waals surface area contributed by atoms with E-state index in [1.54, 1.807) is 6.66 Å². The molecule has 1 aromatic heterocycles. The Morgan fingerprint density at radius 1 is 1.07 bits per heavy atom. The zero-order chi connectivity index (χ0) is 29.1. The lowest BCUT2D eigenvalue weighted by molar-refractivity contribution is 0.0550. The van der Waals surface area contributed by atoms with Gasteiger partial charge in [0.15, 0.2) is 0 Å². The van der Waals surface area contributed by atoms with Crippen molar-refractivity contribution in [3.05, 3.63) is 46.2 Å². The van der Waals surface area contributed by atoms with Crippen LogP contribution in [-0.2, 0) is 9.09 Å². The van der Waals surface area contributed by atoms with Crippen LogP contribution in [0.2, 0.25) is 0 Å². The van der Waals surface area contributed by atoms with Crippen LogP contribution in [0.5, 0.6) is 0 Å². The lowest BCUT2D eigenvalue weighted by Crippen LogP contribution is -2.50. The van der Waals surface area contributed by atoms with Crippen molar-refractivity contribution in [2.45, 2.75) is 97.4 Å². The van der Waals surface area contributed by atoms with Crippen LogP contribution in [0.3, 0.4) is 0 Å². The molecule has 1 heterocycles. The van der Waals surface area contributed by atoms with E-state index in [1.807, 2.05) is 62.1 Å². The smallest absolute Gasteiger partial charge is 0.348 e. The Kier molecular flexibility index (Phi) is 9.89. The molecule has 0 aliphatic heterocycles. The molecule has 2 atom stereocenters. The van der Waals surface area contributed by atoms with Crippen molar-refractivity contribution in [2.75, 3.05) is 11.6 Å². The van der Waals surface area contributed by atoms with Gasteiger partial charge in [-0.1, -0.05) is 49.8 Å². The average Bonchev–Trinajstić information content (AvgIpc) is 3.33. The number of aliphatic hydroxyl groups is 1. The second kappa shape index (κ2) is 12.8. The molecule has 6 nitrogen and oxygen atoms in total. The molecule has 2 unspecified atom stereocenters. The Balaban J connectivity index is 1.59. The third kappa shape index (κ3) is 7.79. The number of hydrogen-bond donors (Lipinski definition) is 2. The highest BCUT2D eigenvalue weighted by Gasteiger charge is 2.38. The van der Waals surface area contributed by atoms with Crippen LogP contribution in [0.4, 0.5) is 5.69 Å². The number of carboxylic acid groups (broad SMARTS) is 1. The molecular weight excluding hydrogens is 541 g/mol. The fourth-order valence-corrected chi connectivity index (χ4v) is 8.34. The second-order valence-corrected chi connectivity index (χ2v) is 16.2. The molecule has 2 aliphatic rings. The van der Waals surface area contributed by atoms with Gasteiger partial charge in [0, 0.05) is 29.3 Å². The number of nitrogens with zero attached hydrogens (tertiary/aromatic N) is 1. The summed E-state index contributed by atoms with van der Waals surface area (Å²) in [5, 5.41) is 22.7. The highest BCUT2D eigenvalue weighted by Crippen LogP contribution is 2.46. The SMILES string of the molecule is CC1CCC(C(O)N(c2cc(C#CC(C)(C)C)sc2C(=O)O)C2CCC(OP(C)(=O)c3ccccc3)CC2)CC1. The van der Waals surface area contributed by atoms with Crippen molar-refractivity contribution in [2.24, 2.45) is 17.3 Å². The van der Waals surface area contributed by atoms with Gasteiger partial charge in [0.1, 0.15) is 11.1 Å². The van der Waals surface area contributed by atoms with E-state index in [4.69, 9.17) is 4.52 Å². The molecule has 4 rings (SSSR count). The average molecular weight is 586 g/mol. The maximum Gasteiger partial charge on any atom is 0.348 e. The summed E-state index contributed by atoms with van der Waals surface area (Å²) in [5.74, 6) is 6.13. The van der Waals surface area contributed by atoms with E-state index in [0.717, 1.165) is 38.5 Å². The van der Waals surface area contributed by atoms with Crippen molar-refractivity contribution >= 4 is 35.7 Å². The normalized spacial score (nSPS) is 25.8. The number of aromatic carboxylic acids is 1. The van der Waals surface area contributed by atoms with Gasteiger partial charge in [0.05, 0.1) is 16.7 Å². The first-order chi connectivity index (χ1) is 18.8. The quantitative estimate of drug-likeness (QED) is 0.191. The minimum absolute atomic E-state index is 0.0432. The summed E-state index contributed by atoms with van der Waals surface area (Å²) in [6, 6.07) is 11.2. The highest BCUT2D eigenvalue weighted by atomic mass is 32.1. The molecule has 2 fully saturated rings. The van der Waals surface area contributed by atoms with Crippen LogP contribution < -0.4 is 10.2 Å². The maximum atomic E-state index is 13.4. The number of aliphatic hydroxyl groups excluding tert-OH is 1. The van der Waals surface area contributed by atoms with E-state index in [-0.39, 0.29) is 28.4 Å². The number of carbonyl (C=O) groups is 1. The molecule has 2 aromatic rings. The third-order valence-corrected chi connectivity index (χ3v) is 11.1. The fourth-order valence-electron chi connectivity index (χ4n) is 5.88. The molecule has 0 radical (unpaired) electrons. The Morgan fingerprint density at radius 2 is 1.70 bits per heavy atom. The molecule has 0 bridgehead atoms. The molecule has 2 aliphatic carbocycles. The largest absolute Gasteiger partial charge is 0.477 e. The number of hydrogen-bond acceptors (Lipinski definition) is 6. The van der Waals surface area contributed by atoms with Crippen LogP contribution in [0.25, 0.3) is 0 Å². The summed E-state index contributed by atoms with van der Waals surface area (Å²) in [6.45, 7) is 10.0. The lowest BCUT2D eigenvalue weighted by Gasteiger charge is -2.44. The van der Waals surface area contributed by atoms with Crippen LogP contribution in [0.15, 0.2) is 36.4 Å². The second-order valence-electron chi connectivity index (χ2n) is 12.7. The van der Waals surface area contributed by atoms with Gasteiger partial charge in [0.2, 0.25) is 7.37 Å². The summed E-state index contributed by atoms with van der Waals surface area (Å²) in [7, 11) is -2.96. The Hall–Kier alpha value is -2.10. The lowest BCUT2D eigenvalue weighted by atomic mass is 9.81. The predicted molar refractivity (Wildman–Crippen MR) is 164 cm³/mol. The van der Waals surface area contributed by atoms with E-state index < -0.39 is 19.6 Å². The zero-order valence-corrected chi connectivity index (χ0v) is 26.1. The van der Waals surface area contributed by atoms with Crippen molar-refractivity contribution in [1.82, 2.24) is 0 Å². The number of rotatable bonds is 8. The third-order valence-electron chi connectivity index (χ3n) is 8.13. The summed E-state index contributed by atoms with van der Waals surface area (Å²) < 4.78 is 19.5. The maximum absolute atomic E-state index is 13.4. The minimum atomic E-state index is -2.96. The standard InChI is InChI=1S/C32H44NO5PS/c1-22-11-13-23(14-12-22)30(34)33(28-21-27(19-20-32(2,3)4)40-29(28)31(35)36)24-15-17-25(18-16-24)38-39(5,37)26-9-7-6-8-10-26/h6-10,21-25,30,34H,11-18H2,1-5H3,(H,35,36). The molecule has 1 aromatic carbocycles.